The average Bonchev–Trinajstić information content (AvgIpc) is 2.47. The molecule has 0 aliphatic carbocycles. The summed E-state index contributed by atoms with van der Waals surface area (Å²) in [4.78, 5) is 12.3. The number of rotatable bonds is 8. The molecule has 0 aromatic heterocycles. The molecule has 4 heteroatoms. The molecule has 1 aromatic rings. The number of benzene rings is 1. The highest BCUT2D eigenvalue weighted by Gasteiger charge is 2.37. The van der Waals surface area contributed by atoms with Crippen molar-refractivity contribution in [3.05, 3.63) is 35.9 Å². The van der Waals surface area contributed by atoms with Crippen LogP contribution in [0.15, 0.2) is 30.3 Å². The Bertz CT molecular complexity index is 433. The molecule has 2 atom stereocenters. The first-order valence-electron chi connectivity index (χ1n) is 7.55. The van der Waals surface area contributed by atoms with E-state index < -0.39 is 11.5 Å². The van der Waals surface area contributed by atoms with Crippen LogP contribution in [-0.2, 0) is 19.8 Å². The molecule has 1 rings (SSSR count). The second-order valence-corrected chi connectivity index (χ2v) is 5.63. The van der Waals surface area contributed by atoms with Gasteiger partial charge in [-0.15, -0.1) is 0 Å². The zero-order chi connectivity index (χ0) is 15.9. The predicted octanol–water partition coefficient (Wildman–Crippen LogP) is 2.85. The molecule has 1 aromatic carbocycles. The van der Waals surface area contributed by atoms with Crippen molar-refractivity contribution in [2.45, 2.75) is 45.8 Å². The van der Waals surface area contributed by atoms with E-state index in [4.69, 9.17) is 15.2 Å². The summed E-state index contributed by atoms with van der Waals surface area (Å²) in [6.07, 6.45) is 0.527. The van der Waals surface area contributed by atoms with Gasteiger partial charge in [0, 0.05) is 13.0 Å². The lowest BCUT2D eigenvalue weighted by molar-refractivity contribution is -0.151. The molecule has 21 heavy (non-hydrogen) atoms. The van der Waals surface area contributed by atoms with Gasteiger partial charge in [-0.3, -0.25) is 0 Å². The molecule has 0 saturated heterocycles. The van der Waals surface area contributed by atoms with E-state index >= 15 is 0 Å². The maximum absolute atomic E-state index is 12.3. The Kier molecular flexibility index (Phi) is 6.85. The van der Waals surface area contributed by atoms with Gasteiger partial charge in [-0.2, -0.15) is 0 Å². The fourth-order valence-electron chi connectivity index (χ4n) is 1.96. The van der Waals surface area contributed by atoms with E-state index in [-0.39, 0.29) is 6.10 Å². The van der Waals surface area contributed by atoms with E-state index in [1.165, 1.54) is 0 Å². The lowest BCUT2D eigenvalue weighted by Gasteiger charge is -2.28. The first-order chi connectivity index (χ1) is 9.91. The summed E-state index contributed by atoms with van der Waals surface area (Å²) in [5.41, 5.74) is 5.95. The lowest BCUT2D eigenvalue weighted by Crippen LogP contribution is -2.47. The average molecular weight is 293 g/mol. The second-order valence-electron chi connectivity index (χ2n) is 5.63. The van der Waals surface area contributed by atoms with Crippen LogP contribution >= 0.6 is 0 Å². The van der Waals surface area contributed by atoms with Gasteiger partial charge >= 0.3 is 5.97 Å². The van der Waals surface area contributed by atoms with Gasteiger partial charge < -0.3 is 15.2 Å². The van der Waals surface area contributed by atoms with Crippen molar-refractivity contribution < 1.29 is 14.3 Å². The molecule has 0 fully saturated rings. The normalized spacial score (nSPS) is 15.5. The third kappa shape index (κ3) is 4.83. The van der Waals surface area contributed by atoms with Crippen molar-refractivity contribution in [2.75, 3.05) is 13.2 Å². The van der Waals surface area contributed by atoms with Crippen LogP contribution in [0, 0.1) is 5.92 Å². The van der Waals surface area contributed by atoms with Gasteiger partial charge in [0.05, 0.1) is 12.7 Å². The van der Waals surface area contributed by atoms with E-state index in [2.05, 4.69) is 13.8 Å². The molecule has 0 spiro atoms. The van der Waals surface area contributed by atoms with Gasteiger partial charge in [0.25, 0.3) is 0 Å². The zero-order valence-corrected chi connectivity index (χ0v) is 13.5. The molecule has 4 nitrogen and oxygen atoms in total. The fraction of sp³-hybridized carbons (Fsp3) is 0.588. The van der Waals surface area contributed by atoms with Crippen molar-refractivity contribution in [1.82, 2.24) is 0 Å². The number of nitrogens with two attached hydrogens (primary N) is 1. The standard InChI is InChI=1S/C17H27NO3/c1-5-20-16(19)17(18,15-9-7-6-8-10-15)11-12-21-14(4)13(2)3/h6-10,13-14H,5,11-12,18H2,1-4H3. The van der Waals surface area contributed by atoms with Crippen LogP contribution in [-0.4, -0.2) is 25.3 Å². The zero-order valence-electron chi connectivity index (χ0n) is 13.5. The third-order valence-electron chi connectivity index (χ3n) is 3.74. The number of hydrogen-bond acceptors (Lipinski definition) is 4. The lowest BCUT2D eigenvalue weighted by atomic mass is 9.88. The SMILES string of the molecule is CCOC(=O)C(N)(CCOC(C)C(C)C)c1ccccc1. The van der Waals surface area contributed by atoms with Gasteiger partial charge in [0.1, 0.15) is 5.54 Å². The highest BCUT2D eigenvalue weighted by molar-refractivity contribution is 5.82. The van der Waals surface area contributed by atoms with Crippen molar-refractivity contribution in [1.29, 1.82) is 0 Å². The van der Waals surface area contributed by atoms with Crippen LogP contribution in [0.3, 0.4) is 0 Å². The Morgan fingerprint density at radius 2 is 1.86 bits per heavy atom. The van der Waals surface area contributed by atoms with Crippen LogP contribution in [0.5, 0.6) is 0 Å². The number of hydrogen-bond donors (Lipinski definition) is 1. The van der Waals surface area contributed by atoms with Gasteiger partial charge in [-0.05, 0) is 25.3 Å². The summed E-state index contributed by atoms with van der Waals surface area (Å²) in [5, 5.41) is 0. The molecule has 0 bridgehead atoms. The van der Waals surface area contributed by atoms with Crippen molar-refractivity contribution in [3.63, 3.8) is 0 Å². The largest absolute Gasteiger partial charge is 0.464 e. The molecular weight excluding hydrogens is 266 g/mol. The monoisotopic (exact) mass is 293 g/mol. The first-order valence-corrected chi connectivity index (χ1v) is 7.55. The molecule has 0 aliphatic rings. The fourth-order valence-corrected chi connectivity index (χ4v) is 1.96. The molecule has 0 aliphatic heterocycles. The van der Waals surface area contributed by atoms with E-state index in [0.29, 0.717) is 25.6 Å². The van der Waals surface area contributed by atoms with E-state index in [1.54, 1.807) is 6.92 Å². The molecule has 2 N–H and O–H groups in total. The molecule has 0 heterocycles. The van der Waals surface area contributed by atoms with E-state index in [0.717, 1.165) is 5.56 Å². The van der Waals surface area contributed by atoms with Crippen LogP contribution < -0.4 is 5.73 Å². The highest BCUT2D eigenvalue weighted by atomic mass is 16.5. The Labute approximate surface area is 127 Å². The maximum Gasteiger partial charge on any atom is 0.330 e. The Balaban J connectivity index is 2.81. The quantitative estimate of drug-likeness (QED) is 0.749. The number of carbonyl (C=O) groups excluding carboxylic acids is 1. The van der Waals surface area contributed by atoms with E-state index in [9.17, 15) is 4.79 Å². The first kappa shape index (κ1) is 17.7. The van der Waals surface area contributed by atoms with Gasteiger partial charge in [-0.25, -0.2) is 4.79 Å². The van der Waals surface area contributed by atoms with Gasteiger partial charge in [0.15, 0.2) is 0 Å². The summed E-state index contributed by atoms with van der Waals surface area (Å²) < 4.78 is 10.9. The third-order valence-corrected chi connectivity index (χ3v) is 3.74. The molecule has 0 saturated carbocycles. The summed E-state index contributed by atoms with van der Waals surface area (Å²) in [7, 11) is 0. The van der Waals surface area contributed by atoms with Crippen LogP contribution in [0.1, 0.15) is 39.7 Å². The molecule has 0 amide bonds. The summed E-state index contributed by atoms with van der Waals surface area (Å²) >= 11 is 0. The van der Waals surface area contributed by atoms with Gasteiger partial charge in [0.2, 0.25) is 0 Å². The van der Waals surface area contributed by atoms with Gasteiger partial charge in [-0.1, -0.05) is 44.2 Å². The Hall–Kier alpha value is -1.39. The van der Waals surface area contributed by atoms with Crippen LogP contribution in [0.25, 0.3) is 0 Å². The summed E-state index contributed by atoms with van der Waals surface area (Å²) in [6.45, 7) is 8.74. The topological polar surface area (TPSA) is 61.5 Å². The number of ether oxygens (including phenoxy) is 2. The van der Waals surface area contributed by atoms with Crippen LogP contribution in [0.2, 0.25) is 0 Å². The highest BCUT2D eigenvalue weighted by Crippen LogP contribution is 2.24. The Morgan fingerprint density at radius 1 is 1.24 bits per heavy atom. The maximum atomic E-state index is 12.3. The molecule has 0 radical (unpaired) electrons. The predicted molar refractivity (Wildman–Crippen MR) is 83.8 cm³/mol. The van der Waals surface area contributed by atoms with Crippen molar-refractivity contribution in [2.24, 2.45) is 11.7 Å². The smallest absolute Gasteiger partial charge is 0.330 e. The molecule has 118 valence electrons. The van der Waals surface area contributed by atoms with E-state index in [1.807, 2.05) is 37.3 Å². The van der Waals surface area contributed by atoms with Crippen molar-refractivity contribution in [3.8, 4) is 0 Å². The minimum absolute atomic E-state index is 0.132. The second kappa shape index (κ2) is 8.15. The van der Waals surface area contributed by atoms with Crippen LogP contribution in [0.4, 0.5) is 0 Å². The minimum atomic E-state index is -1.16. The Morgan fingerprint density at radius 3 is 2.38 bits per heavy atom. The minimum Gasteiger partial charge on any atom is -0.464 e. The number of carbonyl (C=O) groups is 1. The number of esters is 1. The molecular formula is C17H27NO3. The summed E-state index contributed by atoms with van der Waals surface area (Å²) in [6, 6.07) is 9.33. The van der Waals surface area contributed by atoms with Crippen molar-refractivity contribution >= 4 is 5.97 Å². The molecule has 2 unspecified atom stereocenters. The summed E-state index contributed by atoms with van der Waals surface area (Å²) in [5.74, 6) is 0.0218.